The summed E-state index contributed by atoms with van der Waals surface area (Å²) in [5.74, 6) is 0.743. The van der Waals surface area contributed by atoms with Crippen molar-refractivity contribution in [2.75, 3.05) is 32.0 Å². The number of amides is 1. The molecule has 0 aliphatic carbocycles. The highest BCUT2D eigenvalue weighted by Crippen LogP contribution is 2.28. The van der Waals surface area contributed by atoms with Crippen LogP contribution in [0.4, 0.5) is 5.82 Å². The van der Waals surface area contributed by atoms with Crippen LogP contribution in [0.15, 0.2) is 65.2 Å². The quantitative estimate of drug-likeness (QED) is 0.527. The monoisotopic (exact) mass is 428 g/mol. The van der Waals surface area contributed by atoms with Gasteiger partial charge in [-0.25, -0.2) is 9.97 Å². The number of nitrogen functional groups attached to an aromatic ring is 1. The van der Waals surface area contributed by atoms with E-state index in [0.717, 1.165) is 11.1 Å². The molecule has 1 amide bonds. The van der Waals surface area contributed by atoms with Crippen LogP contribution in [0, 0.1) is 0 Å². The first-order chi connectivity index (χ1) is 15.7. The minimum Gasteiger partial charge on any atom is -0.414 e. The molecule has 32 heavy (non-hydrogen) atoms. The topological polar surface area (TPSA) is 120 Å². The first-order valence-electron chi connectivity index (χ1n) is 10.2. The third-order valence-corrected chi connectivity index (χ3v) is 5.18. The molecule has 1 aliphatic heterocycles. The molecule has 1 fully saturated rings. The van der Waals surface area contributed by atoms with Crippen molar-refractivity contribution < 1.29 is 13.9 Å². The van der Waals surface area contributed by atoms with Gasteiger partial charge in [-0.3, -0.25) is 4.79 Å². The summed E-state index contributed by atoms with van der Waals surface area (Å²) in [6, 6.07) is 16.7. The Labute approximate surface area is 183 Å². The number of ether oxygens (including phenoxy) is 1. The van der Waals surface area contributed by atoms with Crippen molar-refractivity contribution in [1.29, 1.82) is 0 Å². The van der Waals surface area contributed by atoms with Crippen LogP contribution in [-0.4, -0.2) is 57.3 Å². The maximum atomic E-state index is 12.6. The molecule has 0 atom stereocenters. The highest BCUT2D eigenvalue weighted by Gasteiger charge is 2.19. The van der Waals surface area contributed by atoms with Gasteiger partial charge in [0.05, 0.1) is 25.1 Å². The molecule has 9 heteroatoms. The summed E-state index contributed by atoms with van der Waals surface area (Å²) < 4.78 is 11.1. The maximum Gasteiger partial charge on any atom is 0.270 e. The van der Waals surface area contributed by atoms with Gasteiger partial charge in [0.2, 0.25) is 5.89 Å². The lowest BCUT2D eigenvalue weighted by molar-refractivity contribution is 0.0303. The molecule has 0 bridgehead atoms. The average Bonchev–Trinajstić information content (AvgIpc) is 3.35. The van der Waals surface area contributed by atoms with Gasteiger partial charge in [0.15, 0.2) is 11.5 Å². The van der Waals surface area contributed by atoms with Crippen LogP contribution in [-0.2, 0) is 4.74 Å². The number of nitrogens with zero attached hydrogens (tertiary/aromatic N) is 5. The van der Waals surface area contributed by atoms with Gasteiger partial charge in [0, 0.05) is 29.8 Å². The molecular formula is C23H20N6O3. The number of aromatic nitrogens is 4. The third kappa shape index (κ3) is 3.93. The predicted octanol–water partition coefficient (Wildman–Crippen LogP) is 2.92. The summed E-state index contributed by atoms with van der Waals surface area (Å²) in [7, 11) is 0. The highest BCUT2D eigenvalue weighted by molar-refractivity contribution is 5.94. The molecule has 0 radical (unpaired) electrons. The van der Waals surface area contributed by atoms with Gasteiger partial charge in [0.25, 0.3) is 11.8 Å². The summed E-state index contributed by atoms with van der Waals surface area (Å²) in [6.07, 6.45) is 1.58. The zero-order valence-electron chi connectivity index (χ0n) is 17.1. The van der Waals surface area contributed by atoms with Crippen molar-refractivity contribution in [3.63, 3.8) is 0 Å². The maximum absolute atomic E-state index is 12.6. The SMILES string of the molecule is Nc1ncc(-c2ccc(C(=O)N3CCOCC3)cc2)nc1-c1nnc(-c2ccccc2)o1. The van der Waals surface area contributed by atoms with Crippen molar-refractivity contribution in [3.05, 3.63) is 66.4 Å². The van der Waals surface area contributed by atoms with Crippen molar-refractivity contribution in [3.8, 4) is 34.3 Å². The highest BCUT2D eigenvalue weighted by atomic mass is 16.5. The van der Waals surface area contributed by atoms with E-state index in [4.69, 9.17) is 14.9 Å². The summed E-state index contributed by atoms with van der Waals surface area (Å²) in [5, 5.41) is 8.18. The van der Waals surface area contributed by atoms with Crippen molar-refractivity contribution in [1.82, 2.24) is 25.1 Å². The number of rotatable bonds is 4. The normalized spacial score (nSPS) is 13.8. The van der Waals surface area contributed by atoms with E-state index < -0.39 is 0 Å². The number of nitrogens with two attached hydrogens (primary N) is 1. The fraction of sp³-hybridized carbons (Fsp3) is 0.174. The van der Waals surface area contributed by atoms with Crippen LogP contribution in [0.5, 0.6) is 0 Å². The Morgan fingerprint density at radius 2 is 1.62 bits per heavy atom. The smallest absolute Gasteiger partial charge is 0.270 e. The number of carbonyl (C=O) groups is 1. The number of hydrogen-bond donors (Lipinski definition) is 1. The predicted molar refractivity (Wildman–Crippen MR) is 117 cm³/mol. The standard InChI is InChI=1S/C23H20N6O3/c24-20-19(22-28-27-21(32-22)16-4-2-1-3-5-16)26-18(14-25-20)15-6-8-17(9-7-15)23(30)29-10-12-31-13-11-29/h1-9,14H,10-13H2,(H2,24,25). The van der Waals surface area contributed by atoms with Gasteiger partial charge in [0.1, 0.15) is 0 Å². The largest absolute Gasteiger partial charge is 0.414 e. The molecule has 2 aromatic heterocycles. The molecule has 3 heterocycles. The Hall–Kier alpha value is -4.11. The Balaban J connectivity index is 1.40. The fourth-order valence-corrected chi connectivity index (χ4v) is 3.44. The van der Waals surface area contributed by atoms with Crippen molar-refractivity contribution in [2.45, 2.75) is 0 Å². The molecule has 0 saturated carbocycles. The second-order valence-electron chi connectivity index (χ2n) is 7.25. The molecule has 4 aromatic rings. The van der Waals surface area contributed by atoms with Crippen molar-refractivity contribution in [2.24, 2.45) is 0 Å². The number of morpholine rings is 1. The Morgan fingerprint density at radius 1 is 0.906 bits per heavy atom. The molecule has 2 N–H and O–H groups in total. The minimum atomic E-state index is -0.0109. The minimum absolute atomic E-state index is 0.0109. The fourth-order valence-electron chi connectivity index (χ4n) is 3.44. The second kappa shape index (κ2) is 8.56. The first-order valence-corrected chi connectivity index (χ1v) is 10.2. The lowest BCUT2D eigenvalue weighted by Gasteiger charge is -2.26. The van der Waals surface area contributed by atoms with Gasteiger partial charge in [-0.15, -0.1) is 10.2 Å². The van der Waals surface area contributed by atoms with E-state index in [0.29, 0.717) is 49.1 Å². The van der Waals surface area contributed by atoms with Gasteiger partial charge in [-0.05, 0) is 24.3 Å². The van der Waals surface area contributed by atoms with Crippen molar-refractivity contribution >= 4 is 11.7 Å². The first kappa shape index (κ1) is 19.8. The summed E-state index contributed by atoms with van der Waals surface area (Å²) >= 11 is 0. The number of hydrogen-bond acceptors (Lipinski definition) is 8. The second-order valence-corrected chi connectivity index (χ2v) is 7.25. The molecule has 0 unspecified atom stereocenters. The molecule has 160 valence electrons. The lowest BCUT2D eigenvalue weighted by Crippen LogP contribution is -2.40. The number of anilines is 1. The lowest BCUT2D eigenvalue weighted by atomic mass is 10.1. The van der Waals surface area contributed by atoms with E-state index in [2.05, 4.69) is 20.2 Å². The number of benzene rings is 2. The molecule has 2 aromatic carbocycles. The van der Waals surface area contributed by atoms with E-state index in [1.165, 1.54) is 0 Å². The number of carbonyl (C=O) groups excluding carboxylic acids is 1. The van der Waals surface area contributed by atoms with Crippen LogP contribution in [0.2, 0.25) is 0 Å². The summed E-state index contributed by atoms with van der Waals surface area (Å²) in [4.78, 5) is 23.3. The molecule has 9 nitrogen and oxygen atoms in total. The van der Waals surface area contributed by atoms with Crippen LogP contribution >= 0.6 is 0 Å². The van der Waals surface area contributed by atoms with Crippen LogP contribution < -0.4 is 5.73 Å². The zero-order valence-corrected chi connectivity index (χ0v) is 17.1. The van der Waals surface area contributed by atoms with Gasteiger partial charge < -0.3 is 19.8 Å². The summed E-state index contributed by atoms with van der Waals surface area (Å²) in [6.45, 7) is 2.33. The van der Waals surface area contributed by atoms with Crippen LogP contribution in [0.3, 0.4) is 0 Å². The van der Waals surface area contributed by atoms with Gasteiger partial charge >= 0.3 is 0 Å². The summed E-state index contributed by atoms with van der Waals surface area (Å²) in [5.41, 5.74) is 9.13. The Morgan fingerprint density at radius 3 is 2.38 bits per heavy atom. The molecule has 5 rings (SSSR count). The Bertz CT molecular complexity index is 1230. The third-order valence-electron chi connectivity index (χ3n) is 5.18. The van der Waals surface area contributed by atoms with E-state index in [1.807, 2.05) is 42.5 Å². The molecule has 1 aliphatic rings. The molecule has 1 saturated heterocycles. The molecular weight excluding hydrogens is 408 g/mol. The van der Waals surface area contributed by atoms with E-state index in [9.17, 15) is 4.79 Å². The van der Waals surface area contributed by atoms with E-state index in [1.54, 1.807) is 23.2 Å². The van der Waals surface area contributed by atoms with E-state index >= 15 is 0 Å². The average molecular weight is 428 g/mol. The van der Waals surface area contributed by atoms with Gasteiger partial charge in [-0.1, -0.05) is 30.3 Å². The van der Waals surface area contributed by atoms with Crippen LogP contribution in [0.1, 0.15) is 10.4 Å². The Kier molecular flexibility index (Phi) is 5.30. The molecule has 0 spiro atoms. The van der Waals surface area contributed by atoms with Crippen LogP contribution in [0.25, 0.3) is 34.3 Å². The van der Waals surface area contributed by atoms with Gasteiger partial charge in [-0.2, -0.15) is 0 Å². The van der Waals surface area contributed by atoms with E-state index in [-0.39, 0.29) is 17.6 Å². The zero-order chi connectivity index (χ0) is 21.9.